The Morgan fingerprint density at radius 1 is 1.36 bits per heavy atom. The summed E-state index contributed by atoms with van der Waals surface area (Å²) in [7, 11) is 1.69. The Morgan fingerprint density at radius 3 is 3.00 bits per heavy atom. The molecule has 0 fully saturated rings. The summed E-state index contributed by atoms with van der Waals surface area (Å²) in [5.41, 5.74) is 10.8. The highest BCUT2D eigenvalue weighted by Crippen LogP contribution is 2.16. The molecule has 2 rings (SSSR count). The number of hydrogen-bond donors (Lipinski definition) is 3. The van der Waals surface area contributed by atoms with E-state index in [9.17, 15) is 0 Å². The third-order valence-electron chi connectivity index (χ3n) is 2.12. The maximum atomic E-state index is 5.18. The number of nitrogens with one attached hydrogen (secondary N) is 3. The van der Waals surface area contributed by atoms with Crippen molar-refractivity contribution in [1.29, 1.82) is 0 Å². The first kappa shape index (κ1) is 8.90. The highest BCUT2D eigenvalue weighted by Gasteiger charge is 2.07. The van der Waals surface area contributed by atoms with Gasteiger partial charge in [-0.15, -0.1) is 0 Å². The Labute approximate surface area is 83.0 Å². The molecule has 0 radical (unpaired) electrons. The normalized spacial score (nSPS) is 19.9. The molecule has 0 aromatic heterocycles. The summed E-state index contributed by atoms with van der Waals surface area (Å²) in [6.45, 7) is 0. The zero-order chi connectivity index (χ0) is 9.80. The van der Waals surface area contributed by atoms with Gasteiger partial charge in [-0.1, -0.05) is 12.2 Å². The van der Waals surface area contributed by atoms with Crippen LogP contribution in [-0.2, 0) is 4.74 Å². The van der Waals surface area contributed by atoms with Crippen LogP contribution in [0.25, 0.3) is 0 Å². The third kappa shape index (κ3) is 1.80. The molecule has 1 aliphatic heterocycles. The number of hydrazine groups is 2. The quantitative estimate of drug-likeness (QED) is 0.605. The van der Waals surface area contributed by atoms with Gasteiger partial charge in [0.2, 0.25) is 0 Å². The van der Waals surface area contributed by atoms with Crippen molar-refractivity contribution in [3.63, 3.8) is 0 Å². The minimum absolute atomic E-state index is 0.838. The fraction of sp³-hybridized carbons (Fsp3) is 0.200. The average molecular weight is 191 g/mol. The number of ether oxygens (including phenoxy) is 1. The van der Waals surface area contributed by atoms with Gasteiger partial charge >= 0.3 is 0 Å². The van der Waals surface area contributed by atoms with Crippen LogP contribution in [0.2, 0.25) is 0 Å². The second kappa shape index (κ2) is 4.02. The topological polar surface area (TPSA) is 45.3 Å². The van der Waals surface area contributed by atoms with Crippen molar-refractivity contribution in [2.24, 2.45) is 0 Å². The molecular formula is C10H13N3O. The van der Waals surface area contributed by atoms with Crippen LogP contribution in [0.5, 0.6) is 0 Å². The van der Waals surface area contributed by atoms with E-state index in [1.165, 1.54) is 0 Å². The lowest BCUT2D eigenvalue weighted by molar-refractivity contribution is 0.285. The van der Waals surface area contributed by atoms with E-state index in [0.717, 1.165) is 23.5 Å². The lowest BCUT2D eigenvalue weighted by Crippen LogP contribution is -2.31. The van der Waals surface area contributed by atoms with Gasteiger partial charge in [-0.2, -0.15) is 5.53 Å². The van der Waals surface area contributed by atoms with Crippen LogP contribution in [0.15, 0.2) is 47.5 Å². The van der Waals surface area contributed by atoms with E-state index >= 15 is 0 Å². The average Bonchev–Trinajstić information content (AvgIpc) is 2.63. The molecular weight excluding hydrogens is 178 g/mol. The molecule has 0 aromatic carbocycles. The molecule has 0 aromatic rings. The van der Waals surface area contributed by atoms with Gasteiger partial charge in [-0.05, 0) is 12.2 Å². The van der Waals surface area contributed by atoms with Gasteiger partial charge in [0.1, 0.15) is 0 Å². The van der Waals surface area contributed by atoms with Gasteiger partial charge in [0, 0.05) is 18.2 Å². The predicted octanol–water partition coefficient (Wildman–Crippen LogP) is 0.857. The summed E-state index contributed by atoms with van der Waals surface area (Å²) in [6.07, 6.45) is 10.9. The molecule has 3 N–H and O–H groups in total. The Hall–Kier alpha value is -1.68. The third-order valence-corrected chi connectivity index (χ3v) is 2.12. The highest BCUT2D eigenvalue weighted by atomic mass is 16.5. The van der Waals surface area contributed by atoms with Gasteiger partial charge in [-0.3, -0.25) is 0 Å². The first-order chi connectivity index (χ1) is 6.90. The van der Waals surface area contributed by atoms with Crippen LogP contribution in [0.3, 0.4) is 0 Å². The van der Waals surface area contributed by atoms with Crippen molar-refractivity contribution < 1.29 is 4.74 Å². The summed E-state index contributed by atoms with van der Waals surface area (Å²) in [4.78, 5) is 0. The van der Waals surface area contributed by atoms with Gasteiger partial charge in [0.25, 0.3) is 0 Å². The first-order valence-electron chi connectivity index (χ1n) is 4.48. The zero-order valence-electron chi connectivity index (χ0n) is 8.00. The van der Waals surface area contributed by atoms with E-state index < -0.39 is 0 Å². The van der Waals surface area contributed by atoms with Crippen LogP contribution >= 0.6 is 0 Å². The largest absolute Gasteiger partial charge is 0.501 e. The van der Waals surface area contributed by atoms with Crippen LogP contribution in [0.4, 0.5) is 0 Å². The molecule has 0 atom stereocenters. The Bertz CT molecular complexity index is 339. The summed E-state index contributed by atoms with van der Waals surface area (Å²) >= 11 is 0. The Balaban J connectivity index is 2.19. The fourth-order valence-corrected chi connectivity index (χ4v) is 1.34. The van der Waals surface area contributed by atoms with Gasteiger partial charge in [-0.25, -0.2) is 0 Å². The summed E-state index contributed by atoms with van der Waals surface area (Å²) in [5.74, 6) is 0.968. The number of hydrogen-bond acceptors (Lipinski definition) is 4. The molecule has 0 spiro atoms. The molecule has 2 aliphatic rings. The summed E-state index contributed by atoms with van der Waals surface area (Å²) in [6, 6.07) is 0. The molecule has 1 aliphatic carbocycles. The Morgan fingerprint density at radius 2 is 2.29 bits per heavy atom. The second-order valence-electron chi connectivity index (χ2n) is 3.02. The monoisotopic (exact) mass is 191 g/mol. The van der Waals surface area contributed by atoms with Crippen molar-refractivity contribution in [2.75, 3.05) is 7.11 Å². The molecule has 0 bridgehead atoms. The number of allylic oxidation sites excluding steroid dienone is 4. The van der Waals surface area contributed by atoms with Crippen molar-refractivity contribution in [3.8, 4) is 0 Å². The van der Waals surface area contributed by atoms with Gasteiger partial charge in [0.15, 0.2) is 0 Å². The van der Waals surface area contributed by atoms with Crippen LogP contribution in [0.1, 0.15) is 6.42 Å². The summed E-state index contributed by atoms with van der Waals surface area (Å²) < 4.78 is 5.18. The summed E-state index contributed by atoms with van der Waals surface area (Å²) in [5, 5.41) is 0. The molecule has 0 saturated carbocycles. The van der Waals surface area contributed by atoms with E-state index in [0.29, 0.717) is 0 Å². The minimum Gasteiger partial charge on any atom is -0.501 e. The highest BCUT2D eigenvalue weighted by molar-refractivity contribution is 5.43. The Kier molecular flexibility index (Phi) is 2.55. The number of rotatable bonds is 2. The zero-order valence-corrected chi connectivity index (χ0v) is 8.00. The SMILES string of the molecule is COC1=CC=C(C2=CNNN2)C=CC1. The fourth-order valence-electron chi connectivity index (χ4n) is 1.34. The lowest BCUT2D eigenvalue weighted by Gasteiger charge is -2.01. The van der Waals surface area contributed by atoms with E-state index in [1.807, 2.05) is 18.4 Å². The van der Waals surface area contributed by atoms with Crippen molar-refractivity contribution in [2.45, 2.75) is 6.42 Å². The minimum atomic E-state index is 0.838. The van der Waals surface area contributed by atoms with Crippen molar-refractivity contribution in [1.82, 2.24) is 16.4 Å². The van der Waals surface area contributed by atoms with Crippen LogP contribution < -0.4 is 16.4 Å². The second-order valence-corrected chi connectivity index (χ2v) is 3.02. The lowest BCUT2D eigenvalue weighted by atomic mass is 10.2. The van der Waals surface area contributed by atoms with E-state index in [-0.39, 0.29) is 0 Å². The molecule has 0 unspecified atom stereocenters. The maximum Gasteiger partial charge on any atom is 0.0993 e. The predicted molar refractivity (Wildman–Crippen MR) is 54.4 cm³/mol. The molecule has 74 valence electrons. The molecule has 14 heavy (non-hydrogen) atoms. The van der Waals surface area contributed by atoms with E-state index in [4.69, 9.17) is 4.74 Å². The smallest absolute Gasteiger partial charge is 0.0993 e. The van der Waals surface area contributed by atoms with Gasteiger partial charge in [0.05, 0.1) is 18.6 Å². The molecule has 0 saturated heterocycles. The van der Waals surface area contributed by atoms with Crippen molar-refractivity contribution >= 4 is 0 Å². The molecule has 4 heteroatoms. The standard InChI is InChI=1S/C10H13N3O/c1-14-9-4-2-3-8(5-6-9)10-7-11-13-12-10/h2-3,5-7,11-13H,4H2,1H3. The first-order valence-corrected chi connectivity index (χ1v) is 4.48. The van der Waals surface area contributed by atoms with E-state index in [1.54, 1.807) is 7.11 Å². The van der Waals surface area contributed by atoms with Crippen LogP contribution in [-0.4, -0.2) is 7.11 Å². The number of methoxy groups -OCH3 is 1. The molecule has 1 heterocycles. The van der Waals surface area contributed by atoms with Crippen LogP contribution in [0, 0.1) is 0 Å². The van der Waals surface area contributed by atoms with E-state index in [2.05, 4.69) is 28.5 Å². The molecule has 4 nitrogen and oxygen atoms in total. The van der Waals surface area contributed by atoms with Gasteiger partial charge < -0.3 is 15.6 Å². The molecule has 0 amide bonds. The van der Waals surface area contributed by atoms with Crippen molar-refractivity contribution in [3.05, 3.63) is 47.5 Å². The maximum absolute atomic E-state index is 5.18.